The summed E-state index contributed by atoms with van der Waals surface area (Å²) in [6.45, 7) is 4.01. The standard InChI is InChI=1S/C16H17NO2S/c1-10-11(2)20-14(17-10)9-16(15(18)19)8-7-12-5-3-4-6-13(12)16/h3-6H,7-9H2,1-2H3,(H,18,19). The van der Waals surface area contributed by atoms with Crippen molar-refractivity contribution in [2.45, 2.75) is 38.5 Å². The Balaban J connectivity index is 2.05. The lowest BCUT2D eigenvalue weighted by Gasteiger charge is -2.24. The van der Waals surface area contributed by atoms with E-state index in [0.717, 1.165) is 22.7 Å². The molecule has 2 aromatic rings. The molecule has 0 saturated carbocycles. The second-order valence-electron chi connectivity index (χ2n) is 5.47. The Morgan fingerprint density at radius 1 is 1.40 bits per heavy atom. The summed E-state index contributed by atoms with van der Waals surface area (Å²) in [7, 11) is 0. The molecular weight excluding hydrogens is 270 g/mol. The minimum Gasteiger partial charge on any atom is -0.481 e. The number of benzene rings is 1. The van der Waals surface area contributed by atoms with Gasteiger partial charge in [-0.25, -0.2) is 4.98 Å². The number of hydrogen-bond donors (Lipinski definition) is 1. The number of fused-ring (bicyclic) bond motifs is 1. The van der Waals surface area contributed by atoms with Crippen molar-refractivity contribution in [3.63, 3.8) is 0 Å². The molecular formula is C16H17NO2S. The molecule has 0 fully saturated rings. The zero-order valence-corrected chi connectivity index (χ0v) is 12.5. The Morgan fingerprint density at radius 2 is 2.15 bits per heavy atom. The summed E-state index contributed by atoms with van der Waals surface area (Å²) in [4.78, 5) is 17.7. The topological polar surface area (TPSA) is 50.2 Å². The lowest BCUT2D eigenvalue weighted by atomic mass is 9.79. The number of aliphatic carboxylic acids is 1. The van der Waals surface area contributed by atoms with Gasteiger partial charge in [0.15, 0.2) is 0 Å². The van der Waals surface area contributed by atoms with Gasteiger partial charge in [0.1, 0.15) is 0 Å². The van der Waals surface area contributed by atoms with Gasteiger partial charge in [-0.05, 0) is 37.8 Å². The third-order valence-corrected chi connectivity index (χ3v) is 5.36. The number of nitrogens with zero attached hydrogens (tertiary/aromatic N) is 1. The summed E-state index contributed by atoms with van der Waals surface area (Å²) < 4.78 is 0. The van der Waals surface area contributed by atoms with Crippen LogP contribution in [0.1, 0.15) is 33.1 Å². The van der Waals surface area contributed by atoms with Crippen molar-refractivity contribution in [3.05, 3.63) is 51.0 Å². The minimum atomic E-state index is -0.798. The number of aromatic nitrogens is 1. The lowest BCUT2D eigenvalue weighted by molar-refractivity contribution is -0.143. The quantitative estimate of drug-likeness (QED) is 0.942. The molecule has 1 aliphatic rings. The Hall–Kier alpha value is -1.68. The van der Waals surface area contributed by atoms with E-state index in [-0.39, 0.29) is 0 Å². The molecule has 20 heavy (non-hydrogen) atoms. The van der Waals surface area contributed by atoms with Gasteiger partial charge in [-0.1, -0.05) is 24.3 Å². The molecule has 3 nitrogen and oxygen atoms in total. The van der Waals surface area contributed by atoms with Crippen LogP contribution in [0.25, 0.3) is 0 Å². The van der Waals surface area contributed by atoms with Crippen molar-refractivity contribution in [2.75, 3.05) is 0 Å². The second-order valence-corrected chi connectivity index (χ2v) is 6.76. The van der Waals surface area contributed by atoms with E-state index in [1.165, 1.54) is 10.4 Å². The molecule has 1 heterocycles. The van der Waals surface area contributed by atoms with Crippen molar-refractivity contribution in [1.82, 2.24) is 4.98 Å². The number of carboxylic acid groups (broad SMARTS) is 1. The number of carboxylic acids is 1. The van der Waals surface area contributed by atoms with Gasteiger partial charge in [-0.15, -0.1) is 11.3 Å². The number of aryl methyl sites for hydroxylation is 3. The Kier molecular flexibility index (Phi) is 3.13. The summed E-state index contributed by atoms with van der Waals surface area (Å²) >= 11 is 1.62. The van der Waals surface area contributed by atoms with Crippen molar-refractivity contribution in [1.29, 1.82) is 0 Å². The van der Waals surface area contributed by atoms with E-state index in [9.17, 15) is 9.90 Å². The fourth-order valence-electron chi connectivity index (χ4n) is 3.04. The maximum absolute atomic E-state index is 12.0. The fourth-order valence-corrected chi connectivity index (χ4v) is 4.09. The van der Waals surface area contributed by atoms with Crippen molar-refractivity contribution in [2.24, 2.45) is 0 Å². The smallest absolute Gasteiger partial charge is 0.314 e. The Bertz CT molecular complexity index is 657. The van der Waals surface area contributed by atoms with Crippen LogP contribution in [0.2, 0.25) is 0 Å². The van der Waals surface area contributed by atoms with Crippen LogP contribution in [-0.2, 0) is 23.1 Å². The maximum Gasteiger partial charge on any atom is 0.314 e. The predicted octanol–water partition coefficient (Wildman–Crippen LogP) is 3.27. The predicted molar refractivity (Wildman–Crippen MR) is 79.4 cm³/mol. The van der Waals surface area contributed by atoms with E-state index in [1.54, 1.807) is 11.3 Å². The highest BCUT2D eigenvalue weighted by Crippen LogP contribution is 2.42. The van der Waals surface area contributed by atoms with E-state index in [4.69, 9.17) is 0 Å². The first kappa shape index (κ1) is 13.3. The van der Waals surface area contributed by atoms with Crippen LogP contribution in [0.15, 0.2) is 24.3 Å². The number of thiazole rings is 1. The first-order chi connectivity index (χ1) is 9.53. The summed E-state index contributed by atoms with van der Waals surface area (Å²) in [5, 5.41) is 10.8. The molecule has 0 bridgehead atoms. The monoisotopic (exact) mass is 287 g/mol. The van der Waals surface area contributed by atoms with Gasteiger partial charge >= 0.3 is 5.97 Å². The summed E-state index contributed by atoms with van der Waals surface area (Å²) in [5.41, 5.74) is 2.35. The van der Waals surface area contributed by atoms with Crippen molar-refractivity contribution >= 4 is 17.3 Å². The molecule has 1 aromatic heterocycles. The van der Waals surface area contributed by atoms with Crippen LogP contribution in [0, 0.1) is 13.8 Å². The molecule has 1 atom stereocenters. The normalized spacial score (nSPS) is 20.9. The van der Waals surface area contributed by atoms with Crippen molar-refractivity contribution in [3.8, 4) is 0 Å². The molecule has 0 spiro atoms. The van der Waals surface area contributed by atoms with Crippen LogP contribution < -0.4 is 0 Å². The minimum absolute atomic E-state index is 0.499. The SMILES string of the molecule is Cc1nc(CC2(C(=O)O)CCc3ccccc32)sc1C. The lowest BCUT2D eigenvalue weighted by Crippen LogP contribution is -2.35. The van der Waals surface area contributed by atoms with Crippen LogP contribution >= 0.6 is 11.3 Å². The number of carbonyl (C=O) groups is 1. The molecule has 1 aromatic carbocycles. The number of hydrogen-bond acceptors (Lipinski definition) is 3. The van der Waals surface area contributed by atoms with Crippen molar-refractivity contribution < 1.29 is 9.90 Å². The van der Waals surface area contributed by atoms with E-state index < -0.39 is 11.4 Å². The van der Waals surface area contributed by atoms with E-state index in [1.807, 2.05) is 38.1 Å². The highest BCUT2D eigenvalue weighted by Gasteiger charge is 2.46. The van der Waals surface area contributed by atoms with Crippen LogP contribution in [0.4, 0.5) is 0 Å². The molecule has 1 N–H and O–H groups in total. The second kappa shape index (κ2) is 4.70. The molecule has 0 saturated heterocycles. The molecule has 1 unspecified atom stereocenters. The molecule has 3 rings (SSSR count). The average Bonchev–Trinajstić information content (AvgIpc) is 2.93. The largest absolute Gasteiger partial charge is 0.481 e. The first-order valence-corrected chi connectivity index (χ1v) is 7.59. The molecule has 104 valence electrons. The highest BCUT2D eigenvalue weighted by atomic mass is 32.1. The molecule has 0 aliphatic heterocycles. The average molecular weight is 287 g/mol. The summed E-state index contributed by atoms with van der Waals surface area (Å²) in [6, 6.07) is 7.91. The van der Waals surface area contributed by atoms with E-state index in [0.29, 0.717) is 12.8 Å². The molecule has 0 radical (unpaired) electrons. The van der Waals surface area contributed by atoms with Gasteiger partial charge in [0, 0.05) is 11.3 Å². The fraction of sp³-hybridized carbons (Fsp3) is 0.375. The Labute approximate surface area is 122 Å². The Morgan fingerprint density at radius 3 is 2.80 bits per heavy atom. The zero-order chi connectivity index (χ0) is 14.3. The van der Waals surface area contributed by atoms with Gasteiger partial charge in [0.05, 0.1) is 16.1 Å². The first-order valence-electron chi connectivity index (χ1n) is 6.77. The maximum atomic E-state index is 12.0. The van der Waals surface area contributed by atoms with E-state index >= 15 is 0 Å². The van der Waals surface area contributed by atoms with Crippen LogP contribution in [0.3, 0.4) is 0 Å². The van der Waals surface area contributed by atoms with Gasteiger partial charge in [-0.2, -0.15) is 0 Å². The molecule has 0 amide bonds. The molecule has 4 heteroatoms. The summed E-state index contributed by atoms with van der Waals surface area (Å²) in [5.74, 6) is -0.729. The van der Waals surface area contributed by atoms with Crippen LogP contribution in [0.5, 0.6) is 0 Å². The van der Waals surface area contributed by atoms with Gasteiger partial charge < -0.3 is 5.11 Å². The van der Waals surface area contributed by atoms with Gasteiger partial charge in [0.2, 0.25) is 0 Å². The summed E-state index contributed by atoms with van der Waals surface area (Å²) in [6.07, 6.45) is 2.00. The van der Waals surface area contributed by atoms with Gasteiger partial charge in [0.25, 0.3) is 0 Å². The van der Waals surface area contributed by atoms with Gasteiger partial charge in [-0.3, -0.25) is 4.79 Å². The molecule has 1 aliphatic carbocycles. The number of rotatable bonds is 3. The zero-order valence-electron chi connectivity index (χ0n) is 11.6. The highest BCUT2D eigenvalue weighted by molar-refractivity contribution is 7.11. The third-order valence-electron chi connectivity index (χ3n) is 4.29. The van der Waals surface area contributed by atoms with E-state index in [2.05, 4.69) is 4.98 Å². The third kappa shape index (κ3) is 1.95. The van der Waals surface area contributed by atoms with Crippen LogP contribution in [-0.4, -0.2) is 16.1 Å².